The van der Waals surface area contributed by atoms with Crippen LogP contribution in [-0.4, -0.2) is 19.7 Å². The van der Waals surface area contributed by atoms with Crippen LogP contribution in [-0.2, 0) is 14.9 Å². The van der Waals surface area contributed by atoms with Crippen molar-refractivity contribution in [3.63, 3.8) is 0 Å². The molecule has 100 valence electrons. The number of nitriles is 1. The molecule has 0 saturated heterocycles. The number of methoxy groups -OCH3 is 1. The summed E-state index contributed by atoms with van der Waals surface area (Å²) in [4.78, 5) is 11.8. The third kappa shape index (κ3) is 2.14. The van der Waals surface area contributed by atoms with Crippen molar-refractivity contribution >= 4 is 5.97 Å². The van der Waals surface area contributed by atoms with E-state index >= 15 is 0 Å². The number of fused-ring (bicyclic) bond motifs is 1. The van der Waals surface area contributed by atoms with Gasteiger partial charge in [0.1, 0.15) is 11.6 Å². The van der Waals surface area contributed by atoms with Crippen molar-refractivity contribution in [2.24, 2.45) is 5.92 Å². The molecule has 0 N–H and O–H groups in total. The molecule has 1 aliphatic heterocycles. The molecule has 2 rings (SSSR count). The number of hydrogen-bond acceptors (Lipinski definition) is 4. The van der Waals surface area contributed by atoms with Crippen LogP contribution in [0.25, 0.3) is 0 Å². The van der Waals surface area contributed by atoms with Crippen LogP contribution in [0, 0.1) is 23.1 Å². The van der Waals surface area contributed by atoms with Gasteiger partial charge in [-0.2, -0.15) is 5.26 Å². The number of ether oxygens (including phenoxy) is 2. The third-order valence-corrected chi connectivity index (χ3v) is 3.64. The Labute approximate surface area is 110 Å². The summed E-state index contributed by atoms with van der Waals surface area (Å²) in [7, 11) is 1.24. The zero-order valence-electron chi connectivity index (χ0n) is 10.8. The molecular weight excluding hydrogens is 249 g/mol. The average Bonchev–Trinajstić information content (AvgIpc) is 2.40. The summed E-state index contributed by atoms with van der Waals surface area (Å²) in [5.41, 5.74) is -0.270. The minimum absolute atomic E-state index is 0.379. The van der Waals surface area contributed by atoms with Gasteiger partial charge in [-0.1, -0.05) is 6.92 Å². The number of benzene rings is 1. The van der Waals surface area contributed by atoms with Crippen LogP contribution in [0.1, 0.15) is 18.9 Å². The van der Waals surface area contributed by atoms with Gasteiger partial charge in [-0.05, 0) is 24.6 Å². The Balaban J connectivity index is 2.54. The van der Waals surface area contributed by atoms with Crippen LogP contribution in [0.15, 0.2) is 18.2 Å². The van der Waals surface area contributed by atoms with Gasteiger partial charge in [0.2, 0.25) is 0 Å². The highest BCUT2D eigenvalue weighted by Gasteiger charge is 2.45. The summed E-state index contributed by atoms with van der Waals surface area (Å²) in [5.74, 6) is -1.50. The van der Waals surface area contributed by atoms with Crippen molar-refractivity contribution in [3.05, 3.63) is 29.6 Å². The maximum absolute atomic E-state index is 13.4. The SMILES string of the molecule is COC(=O)C(C#N)C1(C)CCOc2ccc(F)cc21. The van der Waals surface area contributed by atoms with Crippen LogP contribution >= 0.6 is 0 Å². The second-order valence-electron chi connectivity index (χ2n) is 4.74. The Kier molecular flexibility index (Phi) is 3.43. The van der Waals surface area contributed by atoms with E-state index in [9.17, 15) is 14.4 Å². The highest BCUT2D eigenvalue weighted by atomic mass is 19.1. The average molecular weight is 263 g/mol. The largest absolute Gasteiger partial charge is 0.493 e. The van der Waals surface area contributed by atoms with E-state index in [1.807, 2.05) is 6.07 Å². The molecule has 0 amide bonds. The van der Waals surface area contributed by atoms with Crippen molar-refractivity contribution in [3.8, 4) is 11.8 Å². The van der Waals surface area contributed by atoms with Crippen LogP contribution in [0.2, 0.25) is 0 Å². The maximum Gasteiger partial charge on any atom is 0.323 e. The molecule has 1 heterocycles. The first-order valence-corrected chi connectivity index (χ1v) is 5.93. The normalized spacial score (nSPS) is 22.6. The van der Waals surface area contributed by atoms with Crippen LogP contribution in [0.5, 0.6) is 5.75 Å². The predicted molar refractivity (Wildman–Crippen MR) is 65.0 cm³/mol. The van der Waals surface area contributed by atoms with E-state index in [1.54, 1.807) is 6.92 Å². The third-order valence-electron chi connectivity index (χ3n) is 3.64. The lowest BCUT2D eigenvalue weighted by Crippen LogP contribution is -2.41. The Morgan fingerprint density at radius 2 is 2.37 bits per heavy atom. The number of hydrogen-bond donors (Lipinski definition) is 0. The van der Waals surface area contributed by atoms with E-state index in [0.29, 0.717) is 24.3 Å². The first kappa shape index (κ1) is 13.3. The van der Waals surface area contributed by atoms with E-state index < -0.39 is 23.1 Å². The summed E-state index contributed by atoms with van der Waals surface area (Å²) in [5, 5.41) is 9.25. The van der Waals surface area contributed by atoms with Crippen LogP contribution in [0.3, 0.4) is 0 Å². The van der Waals surface area contributed by atoms with Gasteiger partial charge in [-0.15, -0.1) is 0 Å². The van der Waals surface area contributed by atoms with Crippen LogP contribution in [0.4, 0.5) is 4.39 Å². The molecule has 0 aliphatic carbocycles. The molecule has 0 bridgehead atoms. The molecule has 0 radical (unpaired) electrons. The van der Waals surface area contributed by atoms with Crippen LogP contribution < -0.4 is 4.74 Å². The first-order chi connectivity index (χ1) is 9.02. The fraction of sp³-hybridized carbons (Fsp3) is 0.429. The van der Waals surface area contributed by atoms with Crippen molar-refractivity contribution in [1.29, 1.82) is 5.26 Å². The zero-order valence-corrected chi connectivity index (χ0v) is 10.8. The Morgan fingerprint density at radius 3 is 3.00 bits per heavy atom. The smallest absolute Gasteiger partial charge is 0.323 e. The molecule has 1 aromatic rings. The summed E-state index contributed by atoms with van der Waals surface area (Å²) in [6.45, 7) is 2.14. The maximum atomic E-state index is 13.4. The summed E-state index contributed by atoms with van der Waals surface area (Å²) in [6, 6.07) is 6.11. The Hall–Kier alpha value is -2.09. The van der Waals surface area contributed by atoms with Gasteiger partial charge in [0.25, 0.3) is 0 Å². The topological polar surface area (TPSA) is 59.3 Å². The molecule has 0 spiro atoms. The minimum atomic E-state index is -0.984. The number of esters is 1. The number of carbonyl (C=O) groups is 1. The fourth-order valence-electron chi connectivity index (χ4n) is 2.46. The molecule has 0 saturated carbocycles. The molecule has 5 heteroatoms. The first-order valence-electron chi connectivity index (χ1n) is 5.93. The quantitative estimate of drug-likeness (QED) is 0.767. The van der Waals surface area contributed by atoms with Gasteiger partial charge in [-0.25, -0.2) is 4.39 Å². The fourth-order valence-corrected chi connectivity index (χ4v) is 2.46. The van der Waals surface area contributed by atoms with Gasteiger partial charge in [0.05, 0.1) is 19.8 Å². The standard InChI is InChI=1S/C14H14FNO3/c1-14(11(8-16)13(17)18-2)5-6-19-12-4-3-9(15)7-10(12)14/h3-4,7,11H,5-6H2,1-2H3. The van der Waals surface area contributed by atoms with E-state index in [4.69, 9.17) is 4.74 Å². The molecule has 19 heavy (non-hydrogen) atoms. The molecule has 4 nitrogen and oxygen atoms in total. The van der Waals surface area contributed by atoms with Gasteiger partial charge in [-0.3, -0.25) is 4.79 Å². The second kappa shape index (κ2) is 4.88. The van der Waals surface area contributed by atoms with E-state index in [-0.39, 0.29) is 0 Å². The molecule has 0 fully saturated rings. The highest BCUT2D eigenvalue weighted by molar-refractivity contribution is 5.77. The van der Waals surface area contributed by atoms with Gasteiger partial charge >= 0.3 is 5.97 Å². The van der Waals surface area contributed by atoms with Crippen molar-refractivity contribution in [1.82, 2.24) is 0 Å². The Bertz CT molecular complexity index is 552. The summed E-state index contributed by atoms with van der Waals surface area (Å²) >= 11 is 0. The van der Waals surface area contributed by atoms with Gasteiger partial charge in [0, 0.05) is 11.0 Å². The lowest BCUT2D eigenvalue weighted by molar-refractivity contribution is -0.145. The monoisotopic (exact) mass is 263 g/mol. The van der Waals surface area contributed by atoms with E-state index in [1.165, 1.54) is 25.3 Å². The number of halogens is 1. The molecule has 2 unspecified atom stereocenters. The Morgan fingerprint density at radius 1 is 1.63 bits per heavy atom. The number of carbonyl (C=O) groups excluding carboxylic acids is 1. The summed E-state index contributed by atoms with van der Waals surface area (Å²) in [6.07, 6.45) is 0.455. The van der Waals surface area contributed by atoms with E-state index in [2.05, 4.69) is 4.74 Å². The van der Waals surface area contributed by atoms with Crippen molar-refractivity contribution in [2.45, 2.75) is 18.8 Å². The van der Waals surface area contributed by atoms with Gasteiger partial charge in [0.15, 0.2) is 5.92 Å². The molecule has 2 atom stereocenters. The van der Waals surface area contributed by atoms with Crippen molar-refractivity contribution < 1.29 is 18.7 Å². The van der Waals surface area contributed by atoms with E-state index in [0.717, 1.165) is 0 Å². The minimum Gasteiger partial charge on any atom is -0.493 e. The summed E-state index contributed by atoms with van der Waals surface area (Å²) < 4.78 is 23.6. The second-order valence-corrected chi connectivity index (χ2v) is 4.74. The molecular formula is C14H14FNO3. The lowest BCUT2D eigenvalue weighted by Gasteiger charge is -2.37. The van der Waals surface area contributed by atoms with Gasteiger partial charge < -0.3 is 9.47 Å². The number of rotatable bonds is 2. The zero-order chi connectivity index (χ0) is 14.0. The molecule has 1 aliphatic rings. The van der Waals surface area contributed by atoms with Crippen molar-refractivity contribution in [2.75, 3.05) is 13.7 Å². The predicted octanol–water partition coefficient (Wildman–Crippen LogP) is 2.18. The molecule has 1 aromatic carbocycles. The highest BCUT2D eigenvalue weighted by Crippen LogP contribution is 2.44. The molecule has 0 aromatic heterocycles. The lowest BCUT2D eigenvalue weighted by atomic mass is 9.69. The number of nitrogens with zero attached hydrogens (tertiary/aromatic N) is 1.